The van der Waals surface area contributed by atoms with Crippen LogP contribution in [0.15, 0.2) is 18.6 Å². The van der Waals surface area contributed by atoms with Crippen molar-refractivity contribution >= 4 is 17.9 Å². The highest BCUT2D eigenvalue weighted by atomic mass is 16.6. The van der Waals surface area contributed by atoms with Crippen molar-refractivity contribution in [2.75, 3.05) is 19.6 Å². The van der Waals surface area contributed by atoms with Gasteiger partial charge in [-0.1, -0.05) is 0 Å². The van der Waals surface area contributed by atoms with Gasteiger partial charge in [-0.25, -0.2) is 9.78 Å². The Morgan fingerprint density at radius 2 is 1.93 bits per heavy atom. The summed E-state index contributed by atoms with van der Waals surface area (Å²) in [4.78, 5) is 45.5. The summed E-state index contributed by atoms with van der Waals surface area (Å²) in [6.07, 6.45) is 5.47. The first kappa shape index (κ1) is 20.6. The molecule has 1 aliphatic rings. The average Bonchev–Trinajstić information content (AvgIpc) is 2.61. The largest absolute Gasteiger partial charge is 0.444 e. The van der Waals surface area contributed by atoms with Gasteiger partial charge in [0.2, 0.25) is 5.91 Å². The molecule has 0 radical (unpaired) electrons. The van der Waals surface area contributed by atoms with E-state index in [1.807, 2.05) is 0 Å². The second-order valence-corrected chi connectivity index (χ2v) is 7.40. The van der Waals surface area contributed by atoms with Crippen LogP contribution in [-0.4, -0.2) is 64.1 Å². The zero-order valence-corrected chi connectivity index (χ0v) is 16.0. The Morgan fingerprint density at radius 3 is 2.52 bits per heavy atom. The number of carbonyl (C=O) groups is 3. The van der Waals surface area contributed by atoms with Crippen molar-refractivity contribution in [1.82, 2.24) is 25.5 Å². The van der Waals surface area contributed by atoms with Crippen LogP contribution in [0.5, 0.6) is 0 Å². The summed E-state index contributed by atoms with van der Waals surface area (Å²) in [5, 5.41) is 5.50. The number of rotatable bonds is 5. The second-order valence-electron chi connectivity index (χ2n) is 7.40. The molecule has 0 aliphatic carbocycles. The summed E-state index contributed by atoms with van der Waals surface area (Å²) in [5.41, 5.74) is -0.239. The number of alkyl carbamates (subject to hydrolysis) is 1. The lowest BCUT2D eigenvalue weighted by atomic mass is 10.0. The first-order valence-electron chi connectivity index (χ1n) is 9.06. The van der Waals surface area contributed by atoms with Crippen LogP contribution in [0.1, 0.15) is 50.5 Å². The summed E-state index contributed by atoms with van der Waals surface area (Å²) < 4.78 is 5.11. The Morgan fingerprint density at radius 1 is 1.22 bits per heavy atom. The van der Waals surface area contributed by atoms with E-state index in [2.05, 4.69) is 20.6 Å². The lowest BCUT2D eigenvalue weighted by Gasteiger charge is -2.32. The molecule has 1 saturated heterocycles. The zero-order chi connectivity index (χ0) is 19.9. The van der Waals surface area contributed by atoms with Gasteiger partial charge in [-0.05, 0) is 33.6 Å². The Balaban J connectivity index is 1.66. The van der Waals surface area contributed by atoms with E-state index in [-0.39, 0.29) is 30.8 Å². The summed E-state index contributed by atoms with van der Waals surface area (Å²) in [7, 11) is 0. The third-order valence-corrected chi connectivity index (χ3v) is 3.95. The van der Waals surface area contributed by atoms with Crippen LogP contribution in [0.2, 0.25) is 0 Å². The van der Waals surface area contributed by atoms with E-state index < -0.39 is 11.7 Å². The van der Waals surface area contributed by atoms with Crippen molar-refractivity contribution in [2.45, 2.75) is 51.7 Å². The topological polar surface area (TPSA) is 114 Å². The van der Waals surface area contributed by atoms with Crippen molar-refractivity contribution in [3.8, 4) is 0 Å². The fourth-order valence-electron chi connectivity index (χ4n) is 2.69. The monoisotopic (exact) mass is 377 g/mol. The first-order chi connectivity index (χ1) is 12.7. The van der Waals surface area contributed by atoms with E-state index in [4.69, 9.17) is 4.74 Å². The van der Waals surface area contributed by atoms with Gasteiger partial charge in [0.25, 0.3) is 5.91 Å². The number of hydrogen-bond donors (Lipinski definition) is 2. The Hall–Kier alpha value is -2.71. The molecule has 1 aromatic rings. The number of likely N-dealkylation sites (tertiary alicyclic amines) is 1. The van der Waals surface area contributed by atoms with E-state index >= 15 is 0 Å². The molecule has 0 unspecified atom stereocenters. The quantitative estimate of drug-likeness (QED) is 0.795. The Labute approximate surface area is 158 Å². The first-order valence-corrected chi connectivity index (χ1v) is 9.06. The molecule has 2 rings (SSSR count). The molecule has 148 valence electrons. The summed E-state index contributed by atoms with van der Waals surface area (Å²) in [6, 6.07) is 0.0185. The summed E-state index contributed by atoms with van der Waals surface area (Å²) in [5.74, 6) is -0.279. The minimum atomic E-state index is -0.566. The van der Waals surface area contributed by atoms with Crippen molar-refractivity contribution in [3.63, 3.8) is 0 Å². The number of nitrogens with one attached hydrogen (secondary N) is 2. The normalized spacial score (nSPS) is 15.1. The van der Waals surface area contributed by atoms with Crippen molar-refractivity contribution in [1.29, 1.82) is 0 Å². The van der Waals surface area contributed by atoms with E-state index in [9.17, 15) is 14.4 Å². The second kappa shape index (κ2) is 9.29. The molecule has 2 heterocycles. The molecule has 3 amide bonds. The number of ether oxygens (including phenoxy) is 1. The fraction of sp³-hybridized carbons (Fsp3) is 0.611. The van der Waals surface area contributed by atoms with Crippen LogP contribution >= 0.6 is 0 Å². The molecule has 27 heavy (non-hydrogen) atoms. The van der Waals surface area contributed by atoms with Crippen molar-refractivity contribution in [2.24, 2.45) is 0 Å². The number of aromatic nitrogens is 2. The van der Waals surface area contributed by atoms with Gasteiger partial charge in [0, 0.05) is 44.5 Å². The van der Waals surface area contributed by atoms with Crippen LogP contribution in [0, 0.1) is 0 Å². The van der Waals surface area contributed by atoms with Crippen LogP contribution in [0.25, 0.3) is 0 Å². The van der Waals surface area contributed by atoms with Gasteiger partial charge < -0.3 is 20.3 Å². The van der Waals surface area contributed by atoms with Crippen LogP contribution in [0.4, 0.5) is 4.79 Å². The molecule has 0 aromatic carbocycles. The molecule has 9 heteroatoms. The van der Waals surface area contributed by atoms with E-state index in [0.717, 1.165) is 0 Å². The lowest BCUT2D eigenvalue weighted by molar-refractivity contribution is -0.121. The number of amides is 3. The molecule has 9 nitrogen and oxygen atoms in total. The van der Waals surface area contributed by atoms with Crippen LogP contribution in [-0.2, 0) is 9.53 Å². The van der Waals surface area contributed by atoms with Gasteiger partial charge in [-0.2, -0.15) is 0 Å². The van der Waals surface area contributed by atoms with Gasteiger partial charge in [-0.15, -0.1) is 0 Å². The van der Waals surface area contributed by atoms with Gasteiger partial charge in [0.05, 0.1) is 6.20 Å². The molecule has 0 bridgehead atoms. The molecule has 0 spiro atoms. The predicted molar refractivity (Wildman–Crippen MR) is 98.0 cm³/mol. The molecule has 1 aliphatic heterocycles. The smallest absolute Gasteiger partial charge is 0.407 e. The summed E-state index contributed by atoms with van der Waals surface area (Å²) in [6.45, 7) is 6.65. The van der Waals surface area contributed by atoms with E-state index in [1.165, 1.54) is 18.6 Å². The van der Waals surface area contributed by atoms with Crippen molar-refractivity contribution in [3.05, 3.63) is 24.3 Å². The molecule has 1 aromatic heterocycles. The molecule has 0 atom stereocenters. The van der Waals surface area contributed by atoms with Gasteiger partial charge in [-0.3, -0.25) is 14.6 Å². The average molecular weight is 377 g/mol. The number of piperidine rings is 1. The van der Waals surface area contributed by atoms with Crippen molar-refractivity contribution < 1.29 is 19.1 Å². The van der Waals surface area contributed by atoms with E-state index in [1.54, 1.807) is 25.7 Å². The Kier molecular flexibility index (Phi) is 7.09. The number of hydrogen-bond acceptors (Lipinski definition) is 6. The maximum absolute atomic E-state index is 12.3. The minimum absolute atomic E-state index is 0.0185. The van der Waals surface area contributed by atoms with Crippen LogP contribution in [0.3, 0.4) is 0 Å². The van der Waals surface area contributed by atoms with Crippen LogP contribution < -0.4 is 10.6 Å². The Bertz CT molecular complexity index is 651. The van der Waals surface area contributed by atoms with Gasteiger partial charge in [0.15, 0.2) is 0 Å². The molecule has 2 N–H and O–H groups in total. The predicted octanol–water partition coefficient (Wildman–Crippen LogP) is 1.11. The highest BCUT2D eigenvalue weighted by Crippen LogP contribution is 2.13. The fourth-order valence-corrected chi connectivity index (χ4v) is 2.69. The molecule has 1 fully saturated rings. The van der Waals surface area contributed by atoms with E-state index in [0.29, 0.717) is 31.6 Å². The molecular weight excluding hydrogens is 350 g/mol. The minimum Gasteiger partial charge on any atom is -0.444 e. The SMILES string of the molecule is CC(C)(C)OC(=O)NCCC(=O)NC1CCN(C(=O)c2cnccn2)CC1. The lowest BCUT2D eigenvalue weighted by Crippen LogP contribution is -2.47. The third kappa shape index (κ3) is 7.20. The number of nitrogens with zero attached hydrogens (tertiary/aromatic N) is 3. The number of carbonyl (C=O) groups excluding carboxylic acids is 3. The zero-order valence-electron chi connectivity index (χ0n) is 16.0. The highest BCUT2D eigenvalue weighted by molar-refractivity contribution is 5.92. The molecular formula is C18H27N5O4. The maximum Gasteiger partial charge on any atom is 0.407 e. The standard InChI is InChI=1S/C18H27N5O4/c1-18(2,3)27-17(26)21-7-4-15(24)22-13-5-10-23(11-6-13)16(25)14-12-19-8-9-20-14/h8-9,12-13H,4-7,10-11H2,1-3H3,(H,21,26)(H,22,24). The summed E-state index contributed by atoms with van der Waals surface area (Å²) >= 11 is 0. The third-order valence-electron chi connectivity index (χ3n) is 3.95. The maximum atomic E-state index is 12.3. The highest BCUT2D eigenvalue weighted by Gasteiger charge is 2.25. The van der Waals surface area contributed by atoms with Gasteiger partial charge >= 0.3 is 6.09 Å². The van der Waals surface area contributed by atoms with Gasteiger partial charge in [0.1, 0.15) is 11.3 Å². The molecule has 0 saturated carbocycles.